The minimum atomic E-state index is -0.968. The number of rotatable bonds is 4. The highest BCUT2D eigenvalue weighted by Crippen LogP contribution is 2.48. The first-order chi connectivity index (χ1) is 13.9. The van der Waals surface area contributed by atoms with Gasteiger partial charge in [0.05, 0.1) is 6.26 Å². The molecule has 1 N–H and O–H groups in total. The second-order valence-electron chi connectivity index (χ2n) is 7.92. The molecule has 3 amide bonds. The molecule has 1 aliphatic carbocycles. The third-order valence-electron chi connectivity index (χ3n) is 5.81. The molecule has 1 saturated carbocycles. The van der Waals surface area contributed by atoms with Gasteiger partial charge in [0, 0.05) is 31.9 Å². The maximum atomic E-state index is 13.1. The summed E-state index contributed by atoms with van der Waals surface area (Å²) in [4.78, 5) is 41.8. The summed E-state index contributed by atoms with van der Waals surface area (Å²) in [5.74, 6) is -0.236. The average molecular weight is 395 g/mol. The van der Waals surface area contributed by atoms with Crippen molar-refractivity contribution in [2.24, 2.45) is 5.41 Å². The van der Waals surface area contributed by atoms with Gasteiger partial charge in [0.15, 0.2) is 5.76 Å². The Kier molecular flexibility index (Phi) is 4.90. The molecule has 4 rings (SSSR count). The molecule has 2 aliphatic rings. The highest BCUT2D eigenvalue weighted by molar-refractivity contribution is 6.13. The molecule has 2 fully saturated rings. The largest absolute Gasteiger partial charge is 0.459 e. The van der Waals surface area contributed by atoms with Gasteiger partial charge in [0.1, 0.15) is 5.41 Å². The summed E-state index contributed by atoms with van der Waals surface area (Å²) in [7, 11) is 0. The molecule has 2 heterocycles. The first kappa shape index (κ1) is 19.2. The lowest BCUT2D eigenvalue weighted by Gasteiger charge is -2.36. The van der Waals surface area contributed by atoms with Crippen molar-refractivity contribution >= 4 is 23.4 Å². The first-order valence-corrected chi connectivity index (χ1v) is 9.91. The highest BCUT2D eigenvalue weighted by atomic mass is 16.3. The second kappa shape index (κ2) is 7.39. The Labute approximate surface area is 169 Å². The fourth-order valence-corrected chi connectivity index (χ4v) is 3.83. The molecule has 152 valence electrons. The third-order valence-corrected chi connectivity index (χ3v) is 5.81. The van der Waals surface area contributed by atoms with Gasteiger partial charge in [-0.05, 0) is 50.5 Å². The Morgan fingerprint density at radius 1 is 1.00 bits per heavy atom. The Morgan fingerprint density at radius 3 is 2.28 bits per heavy atom. The van der Waals surface area contributed by atoms with E-state index in [0.29, 0.717) is 44.8 Å². The summed E-state index contributed by atoms with van der Waals surface area (Å²) in [6.45, 7) is 5.65. The van der Waals surface area contributed by atoms with Crippen LogP contribution in [0, 0.1) is 19.3 Å². The number of anilines is 1. The smallest absolute Gasteiger partial charge is 0.289 e. The SMILES string of the molecule is Cc1ccc(NC(=O)C2(C(=O)N3CCN(C(=O)c4ccco4)CC3)CC2)c(C)c1. The number of aryl methyl sites for hydroxylation is 2. The van der Waals surface area contributed by atoms with E-state index in [1.807, 2.05) is 32.0 Å². The van der Waals surface area contributed by atoms with Gasteiger partial charge in [-0.15, -0.1) is 0 Å². The fourth-order valence-electron chi connectivity index (χ4n) is 3.83. The lowest BCUT2D eigenvalue weighted by atomic mass is 10.0. The van der Waals surface area contributed by atoms with Crippen LogP contribution in [-0.2, 0) is 9.59 Å². The molecule has 0 bridgehead atoms. The number of furan rings is 1. The molecule has 0 atom stereocenters. The van der Waals surface area contributed by atoms with E-state index in [-0.39, 0.29) is 17.7 Å². The molecule has 2 aromatic rings. The lowest BCUT2D eigenvalue weighted by molar-refractivity contribution is -0.143. The Hall–Kier alpha value is -3.09. The van der Waals surface area contributed by atoms with Crippen LogP contribution in [-0.4, -0.2) is 53.7 Å². The molecule has 1 saturated heterocycles. The van der Waals surface area contributed by atoms with Crippen LogP contribution in [0.5, 0.6) is 0 Å². The Balaban J connectivity index is 1.38. The summed E-state index contributed by atoms with van der Waals surface area (Å²) < 4.78 is 5.17. The van der Waals surface area contributed by atoms with Crippen molar-refractivity contribution in [3.8, 4) is 0 Å². The van der Waals surface area contributed by atoms with E-state index in [2.05, 4.69) is 5.32 Å². The molecule has 1 aromatic carbocycles. The quantitative estimate of drug-likeness (QED) is 0.807. The number of nitrogens with zero attached hydrogens (tertiary/aromatic N) is 2. The summed E-state index contributed by atoms with van der Waals surface area (Å²) in [5, 5.41) is 2.94. The van der Waals surface area contributed by atoms with E-state index < -0.39 is 5.41 Å². The monoisotopic (exact) mass is 395 g/mol. The molecular weight excluding hydrogens is 370 g/mol. The van der Waals surface area contributed by atoms with Crippen LogP contribution in [0.4, 0.5) is 5.69 Å². The molecule has 1 aromatic heterocycles. The van der Waals surface area contributed by atoms with Crippen LogP contribution in [0.3, 0.4) is 0 Å². The predicted molar refractivity (Wildman–Crippen MR) is 107 cm³/mol. The molecule has 0 unspecified atom stereocenters. The molecule has 7 heteroatoms. The second-order valence-corrected chi connectivity index (χ2v) is 7.92. The normalized spacial score (nSPS) is 17.7. The number of benzene rings is 1. The molecular formula is C22H25N3O4. The van der Waals surface area contributed by atoms with Crippen LogP contribution in [0.2, 0.25) is 0 Å². The van der Waals surface area contributed by atoms with Crippen LogP contribution < -0.4 is 5.32 Å². The van der Waals surface area contributed by atoms with E-state index in [1.54, 1.807) is 21.9 Å². The zero-order valence-corrected chi connectivity index (χ0v) is 16.7. The minimum Gasteiger partial charge on any atom is -0.459 e. The van der Waals surface area contributed by atoms with Gasteiger partial charge >= 0.3 is 0 Å². The zero-order valence-electron chi connectivity index (χ0n) is 16.7. The van der Waals surface area contributed by atoms with Gasteiger partial charge in [-0.2, -0.15) is 0 Å². The third kappa shape index (κ3) is 3.64. The number of carbonyl (C=O) groups is 3. The Bertz CT molecular complexity index is 939. The number of piperazine rings is 1. The van der Waals surface area contributed by atoms with Gasteiger partial charge in [-0.25, -0.2) is 0 Å². The van der Waals surface area contributed by atoms with E-state index >= 15 is 0 Å². The molecule has 29 heavy (non-hydrogen) atoms. The van der Waals surface area contributed by atoms with Crippen molar-refractivity contribution in [3.05, 3.63) is 53.5 Å². The van der Waals surface area contributed by atoms with E-state index in [1.165, 1.54) is 6.26 Å². The number of carbonyl (C=O) groups excluding carboxylic acids is 3. The van der Waals surface area contributed by atoms with Crippen molar-refractivity contribution in [2.45, 2.75) is 26.7 Å². The van der Waals surface area contributed by atoms with Crippen molar-refractivity contribution in [3.63, 3.8) is 0 Å². The van der Waals surface area contributed by atoms with Crippen LogP contribution in [0.15, 0.2) is 41.0 Å². The van der Waals surface area contributed by atoms with Crippen molar-refractivity contribution in [2.75, 3.05) is 31.5 Å². The van der Waals surface area contributed by atoms with Crippen LogP contribution >= 0.6 is 0 Å². The van der Waals surface area contributed by atoms with Crippen molar-refractivity contribution < 1.29 is 18.8 Å². The van der Waals surface area contributed by atoms with Gasteiger partial charge < -0.3 is 19.5 Å². The Morgan fingerprint density at radius 2 is 1.69 bits per heavy atom. The molecule has 0 spiro atoms. The number of amides is 3. The van der Waals surface area contributed by atoms with E-state index in [4.69, 9.17) is 4.42 Å². The van der Waals surface area contributed by atoms with Gasteiger partial charge in [0.25, 0.3) is 5.91 Å². The fraction of sp³-hybridized carbons (Fsp3) is 0.409. The molecule has 1 aliphatic heterocycles. The maximum Gasteiger partial charge on any atom is 0.289 e. The lowest BCUT2D eigenvalue weighted by Crippen LogP contribution is -2.53. The molecule has 0 radical (unpaired) electrons. The van der Waals surface area contributed by atoms with E-state index in [0.717, 1.165) is 16.8 Å². The van der Waals surface area contributed by atoms with Crippen molar-refractivity contribution in [1.82, 2.24) is 9.80 Å². The number of hydrogen-bond donors (Lipinski definition) is 1. The number of hydrogen-bond acceptors (Lipinski definition) is 4. The van der Waals surface area contributed by atoms with Crippen LogP contribution in [0.25, 0.3) is 0 Å². The van der Waals surface area contributed by atoms with Gasteiger partial charge in [-0.3, -0.25) is 14.4 Å². The summed E-state index contributed by atoms with van der Waals surface area (Å²) in [5.41, 5.74) is 1.88. The minimum absolute atomic E-state index is 0.134. The first-order valence-electron chi connectivity index (χ1n) is 9.91. The van der Waals surface area contributed by atoms with Gasteiger partial charge in [-0.1, -0.05) is 17.7 Å². The summed E-state index contributed by atoms with van der Waals surface area (Å²) in [6, 6.07) is 9.14. The maximum absolute atomic E-state index is 13.1. The van der Waals surface area contributed by atoms with Crippen molar-refractivity contribution in [1.29, 1.82) is 0 Å². The molecule has 7 nitrogen and oxygen atoms in total. The topological polar surface area (TPSA) is 82.9 Å². The highest BCUT2D eigenvalue weighted by Gasteiger charge is 2.58. The van der Waals surface area contributed by atoms with E-state index in [9.17, 15) is 14.4 Å². The summed E-state index contributed by atoms with van der Waals surface area (Å²) in [6.07, 6.45) is 2.60. The predicted octanol–water partition coefficient (Wildman–Crippen LogP) is 2.60. The zero-order chi connectivity index (χ0) is 20.6. The van der Waals surface area contributed by atoms with Gasteiger partial charge in [0.2, 0.25) is 11.8 Å². The summed E-state index contributed by atoms with van der Waals surface area (Å²) >= 11 is 0. The number of nitrogens with one attached hydrogen (secondary N) is 1. The van der Waals surface area contributed by atoms with Crippen LogP contribution in [0.1, 0.15) is 34.5 Å². The average Bonchev–Trinajstić information content (AvgIpc) is 3.35. The standard InChI is InChI=1S/C22H25N3O4/c1-15-5-6-17(16(2)14-15)23-20(27)22(7-8-22)21(28)25-11-9-24(10-12-25)19(26)18-4-3-13-29-18/h3-6,13-14H,7-12H2,1-2H3,(H,23,27).